The number of rotatable bonds is 5. The van der Waals surface area contributed by atoms with Gasteiger partial charge in [-0.2, -0.15) is 0 Å². The Bertz CT molecular complexity index is 1580. The normalized spacial score (nSPS) is 12.4. The molecule has 0 unspecified atom stereocenters. The van der Waals surface area contributed by atoms with Crippen molar-refractivity contribution >= 4 is 36.9 Å². The zero-order valence-corrected chi connectivity index (χ0v) is 17.9. The van der Waals surface area contributed by atoms with E-state index in [0.29, 0.717) is 11.4 Å². The number of nitrogens with zero attached hydrogens (tertiary/aromatic N) is 3. The van der Waals surface area contributed by atoms with Gasteiger partial charge < -0.3 is 9.54 Å². The number of hydrogen-bond acceptors (Lipinski definition) is 7. The van der Waals surface area contributed by atoms with Gasteiger partial charge in [-0.1, -0.05) is 18.2 Å². The zero-order valence-electron chi connectivity index (χ0n) is 16.2. The molecule has 0 fully saturated rings. The number of anilines is 1. The van der Waals surface area contributed by atoms with E-state index in [-0.39, 0.29) is 21.6 Å². The summed E-state index contributed by atoms with van der Waals surface area (Å²) in [5, 5.41) is -0.811. The fourth-order valence-electron chi connectivity index (χ4n) is 3.13. The van der Waals surface area contributed by atoms with E-state index in [0.717, 1.165) is 6.07 Å². The predicted molar refractivity (Wildman–Crippen MR) is 111 cm³/mol. The summed E-state index contributed by atoms with van der Waals surface area (Å²) < 4.78 is 64.4. The van der Waals surface area contributed by atoms with Gasteiger partial charge in [0.2, 0.25) is 5.16 Å². The SMILES string of the molecule is Cc1c(NS(=O)(=O)c2ccc3nc(S(=O)(=O)[O-])[nH]c3c2)c(=O)n(-c2ccccc2)n1C. The van der Waals surface area contributed by atoms with Crippen LogP contribution >= 0.6 is 0 Å². The highest BCUT2D eigenvalue weighted by Gasteiger charge is 2.23. The Morgan fingerprint density at radius 3 is 2.39 bits per heavy atom. The summed E-state index contributed by atoms with van der Waals surface area (Å²) >= 11 is 0. The molecule has 11 nitrogen and oxygen atoms in total. The fraction of sp³-hybridized carbons (Fsp3) is 0.111. The van der Waals surface area contributed by atoms with Gasteiger partial charge in [-0.25, -0.2) is 26.5 Å². The van der Waals surface area contributed by atoms with Crippen molar-refractivity contribution in [3.63, 3.8) is 0 Å². The Morgan fingerprint density at radius 1 is 1.06 bits per heavy atom. The molecule has 0 spiro atoms. The molecule has 4 aromatic rings. The molecule has 0 aliphatic rings. The molecule has 13 heteroatoms. The van der Waals surface area contributed by atoms with Crippen molar-refractivity contribution < 1.29 is 21.4 Å². The van der Waals surface area contributed by atoms with Gasteiger partial charge in [0.05, 0.1) is 27.3 Å². The van der Waals surface area contributed by atoms with Gasteiger partial charge in [0.1, 0.15) is 5.69 Å². The molecule has 0 aliphatic carbocycles. The highest BCUT2D eigenvalue weighted by Crippen LogP contribution is 2.22. The number of hydrogen-bond donors (Lipinski definition) is 2. The lowest BCUT2D eigenvalue weighted by Crippen LogP contribution is -2.23. The van der Waals surface area contributed by atoms with E-state index in [1.165, 1.54) is 21.5 Å². The van der Waals surface area contributed by atoms with Gasteiger partial charge >= 0.3 is 0 Å². The molecule has 0 saturated carbocycles. The van der Waals surface area contributed by atoms with Gasteiger partial charge in [0.15, 0.2) is 10.1 Å². The first kappa shape index (κ1) is 20.8. The topological polar surface area (TPSA) is 159 Å². The van der Waals surface area contributed by atoms with E-state index in [1.807, 2.05) is 0 Å². The van der Waals surface area contributed by atoms with Crippen LogP contribution in [0.25, 0.3) is 16.7 Å². The van der Waals surface area contributed by atoms with E-state index in [1.54, 1.807) is 44.3 Å². The van der Waals surface area contributed by atoms with Crippen LogP contribution in [0.5, 0.6) is 0 Å². The second-order valence-corrected chi connectivity index (χ2v) is 9.69. The molecular formula is C18H16N5O6S2-. The average molecular weight is 462 g/mol. The number of imidazole rings is 1. The van der Waals surface area contributed by atoms with Crippen LogP contribution < -0.4 is 10.3 Å². The molecule has 31 heavy (non-hydrogen) atoms. The van der Waals surface area contributed by atoms with E-state index in [4.69, 9.17) is 0 Å². The molecule has 0 aliphatic heterocycles. The molecule has 2 aromatic heterocycles. The summed E-state index contributed by atoms with van der Waals surface area (Å²) in [5.74, 6) is 0. The number of benzene rings is 2. The smallest absolute Gasteiger partial charge is 0.296 e. The van der Waals surface area contributed by atoms with Crippen LogP contribution in [0.2, 0.25) is 0 Å². The second kappa shape index (κ2) is 7.08. The Labute approximate surface area is 176 Å². The highest BCUT2D eigenvalue weighted by atomic mass is 32.2. The van der Waals surface area contributed by atoms with E-state index >= 15 is 0 Å². The van der Waals surface area contributed by atoms with E-state index < -0.39 is 30.9 Å². The first-order chi connectivity index (χ1) is 14.5. The fourth-order valence-corrected chi connectivity index (χ4v) is 4.72. The molecule has 4 rings (SSSR count). The summed E-state index contributed by atoms with van der Waals surface area (Å²) in [4.78, 5) is 18.6. The van der Waals surface area contributed by atoms with Crippen LogP contribution in [0.1, 0.15) is 5.69 Å². The Hall–Kier alpha value is -3.42. The number of fused-ring (bicyclic) bond motifs is 1. The lowest BCUT2D eigenvalue weighted by molar-refractivity contribution is 0.456. The summed E-state index contributed by atoms with van der Waals surface area (Å²) in [7, 11) is -7.42. The van der Waals surface area contributed by atoms with Crippen molar-refractivity contribution in [3.8, 4) is 5.69 Å². The van der Waals surface area contributed by atoms with Crippen molar-refractivity contribution in [2.24, 2.45) is 7.05 Å². The van der Waals surface area contributed by atoms with Crippen LogP contribution in [0.3, 0.4) is 0 Å². The molecule has 2 N–H and O–H groups in total. The molecule has 0 atom stereocenters. The molecule has 0 radical (unpaired) electrons. The molecule has 0 amide bonds. The lowest BCUT2D eigenvalue weighted by Gasteiger charge is -2.07. The second-order valence-electron chi connectivity index (χ2n) is 6.72. The van der Waals surface area contributed by atoms with Gasteiger partial charge in [-0.3, -0.25) is 14.2 Å². The van der Waals surface area contributed by atoms with Gasteiger partial charge in [0, 0.05) is 7.05 Å². The third-order valence-corrected chi connectivity index (χ3v) is 6.78. The molecule has 2 aromatic carbocycles. The van der Waals surface area contributed by atoms with Crippen molar-refractivity contribution in [1.82, 2.24) is 19.3 Å². The minimum Gasteiger partial charge on any atom is -0.742 e. The number of sulfonamides is 1. The molecular weight excluding hydrogens is 446 g/mol. The third-order valence-electron chi connectivity index (χ3n) is 4.77. The quantitative estimate of drug-likeness (QED) is 0.420. The van der Waals surface area contributed by atoms with E-state index in [2.05, 4.69) is 14.7 Å². The van der Waals surface area contributed by atoms with Crippen LogP contribution in [0.4, 0.5) is 5.69 Å². The maximum atomic E-state index is 12.9. The van der Waals surface area contributed by atoms with E-state index in [9.17, 15) is 26.2 Å². The number of nitrogens with one attached hydrogen (secondary N) is 2. The Kier molecular flexibility index (Phi) is 4.76. The Morgan fingerprint density at radius 2 is 1.74 bits per heavy atom. The van der Waals surface area contributed by atoms with Gasteiger partial charge in [-0.05, 0) is 37.3 Å². The summed E-state index contributed by atoms with van der Waals surface area (Å²) in [5.41, 5.74) is 0.420. The number of aromatic nitrogens is 4. The van der Waals surface area contributed by atoms with Crippen molar-refractivity contribution in [2.45, 2.75) is 17.0 Å². The zero-order chi connectivity index (χ0) is 22.6. The van der Waals surface area contributed by atoms with Crippen LogP contribution in [0, 0.1) is 6.92 Å². The molecule has 0 saturated heterocycles. The maximum absolute atomic E-state index is 12.9. The standard InChI is InChI=1S/C18H17N5O6S2/c1-11-16(17(24)23(22(11)2)12-6-4-3-5-7-12)21-30(25,26)13-8-9-14-15(10-13)20-18(19-14)31(27,28)29/h3-10,21H,1-2H3,(H,19,20)(H,27,28,29)/p-1. The first-order valence-electron chi connectivity index (χ1n) is 8.81. The van der Waals surface area contributed by atoms with Crippen molar-refractivity contribution in [3.05, 3.63) is 64.6 Å². The summed E-state index contributed by atoms with van der Waals surface area (Å²) in [6, 6.07) is 12.3. The maximum Gasteiger partial charge on any atom is 0.296 e. The summed E-state index contributed by atoms with van der Waals surface area (Å²) in [6.45, 7) is 1.60. The average Bonchev–Trinajstić information content (AvgIpc) is 3.23. The third kappa shape index (κ3) is 3.62. The number of H-pyrrole nitrogens is 1. The number of aromatic amines is 1. The lowest BCUT2D eigenvalue weighted by atomic mass is 10.3. The van der Waals surface area contributed by atoms with Crippen molar-refractivity contribution in [2.75, 3.05) is 4.72 Å². The van der Waals surface area contributed by atoms with Gasteiger partial charge in [0.25, 0.3) is 15.6 Å². The van der Waals surface area contributed by atoms with Crippen molar-refractivity contribution in [1.29, 1.82) is 0 Å². The van der Waals surface area contributed by atoms with Crippen LogP contribution in [-0.2, 0) is 27.2 Å². The first-order valence-corrected chi connectivity index (χ1v) is 11.7. The predicted octanol–water partition coefficient (Wildman–Crippen LogP) is 1.07. The molecule has 162 valence electrons. The monoisotopic (exact) mass is 462 g/mol. The van der Waals surface area contributed by atoms with Crippen LogP contribution in [0.15, 0.2) is 63.4 Å². The summed E-state index contributed by atoms with van der Waals surface area (Å²) in [6.07, 6.45) is 0. The molecule has 0 bridgehead atoms. The Balaban J connectivity index is 1.77. The molecule has 2 heterocycles. The highest BCUT2D eigenvalue weighted by molar-refractivity contribution is 7.92. The van der Waals surface area contributed by atoms with Gasteiger partial charge in [-0.15, -0.1) is 0 Å². The number of para-hydroxylation sites is 1. The minimum atomic E-state index is -4.83. The largest absolute Gasteiger partial charge is 0.742 e. The van der Waals surface area contributed by atoms with Crippen LogP contribution in [-0.4, -0.2) is 40.7 Å². The minimum absolute atomic E-state index is 0.0452.